The molecule has 2 rings (SSSR count). The molecule has 9 N–H and O–H groups in total. The lowest BCUT2D eigenvalue weighted by Crippen LogP contribution is -2.65. The monoisotopic (exact) mass is 928 g/mol. The molecular weight excluding hydrogens is 835 g/mol. The Balaban J connectivity index is 1.86. The van der Waals surface area contributed by atoms with Crippen LogP contribution in [-0.4, -0.2) is 140 Å². The molecule has 14 nitrogen and oxygen atoms in total. The number of hydrogen-bond donors (Lipinski definition) is 9. The Kier molecular flexibility index (Phi) is 34.8. The van der Waals surface area contributed by atoms with Crippen LogP contribution in [0.3, 0.4) is 0 Å². The molecule has 2 aliphatic heterocycles. The Morgan fingerprint density at radius 3 is 1.51 bits per heavy atom. The van der Waals surface area contributed by atoms with Crippen LogP contribution in [0, 0.1) is 0 Å². The summed E-state index contributed by atoms with van der Waals surface area (Å²) in [6.07, 6.45) is 26.1. The second-order valence-electron chi connectivity index (χ2n) is 18.3. The van der Waals surface area contributed by atoms with E-state index in [0.717, 1.165) is 38.5 Å². The molecule has 2 aliphatic rings. The maximum atomic E-state index is 13.2. The Morgan fingerprint density at radius 1 is 0.538 bits per heavy atom. The highest BCUT2D eigenvalue weighted by molar-refractivity contribution is 5.76. The van der Waals surface area contributed by atoms with Gasteiger partial charge in [0, 0.05) is 6.42 Å². The van der Waals surface area contributed by atoms with Crippen molar-refractivity contribution in [2.24, 2.45) is 0 Å². The largest absolute Gasteiger partial charge is 0.394 e. The van der Waals surface area contributed by atoms with E-state index in [0.29, 0.717) is 12.8 Å². The molecule has 1 amide bonds. The van der Waals surface area contributed by atoms with E-state index >= 15 is 0 Å². The average Bonchev–Trinajstić information content (AvgIpc) is 3.30. The van der Waals surface area contributed by atoms with Gasteiger partial charge in [0.25, 0.3) is 0 Å². The van der Waals surface area contributed by atoms with Gasteiger partial charge in [0.2, 0.25) is 5.91 Å². The Morgan fingerprint density at radius 2 is 0.985 bits per heavy atom. The standard InChI is InChI=1S/C51H93NO13/c1-3-5-7-9-11-13-15-17-19-20-21-23-25-27-29-31-33-35-43(56)52-39(40(55)34-32-30-28-26-24-22-18-16-14-12-10-8-6-4-2)38-62-50-48(61)46(59)49(42(37-54)64-50)65-51-47(60)45(58)44(57)41(36-53)63-51/h17,19,24,26,32,34,39-42,44-51,53-55,57-61H,3-16,18,20-23,25,27-31,33,35-38H2,1-2H3,(H,52,56)/b19-17-,26-24+,34-32+. The van der Waals surface area contributed by atoms with Crippen molar-refractivity contribution >= 4 is 5.91 Å². The van der Waals surface area contributed by atoms with Crippen LogP contribution in [0.2, 0.25) is 0 Å². The van der Waals surface area contributed by atoms with Crippen LogP contribution in [0.1, 0.15) is 187 Å². The molecular formula is C51H93NO13. The lowest BCUT2D eigenvalue weighted by atomic mass is 9.97. The summed E-state index contributed by atoms with van der Waals surface area (Å²) in [4.78, 5) is 13.2. The van der Waals surface area contributed by atoms with Gasteiger partial charge >= 0.3 is 0 Å². The van der Waals surface area contributed by atoms with Crippen LogP contribution in [-0.2, 0) is 23.7 Å². The number of carbonyl (C=O) groups is 1. The zero-order chi connectivity index (χ0) is 47.5. The zero-order valence-corrected chi connectivity index (χ0v) is 40.2. The molecule has 0 aromatic carbocycles. The molecule has 0 aromatic heterocycles. The Hall–Kier alpha value is -1.79. The number of aliphatic hydroxyl groups excluding tert-OH is 8. The number of carbonyl (C=O) groups excluding carboxylic acids is 1. The molecule has 12 unspecified atom stereocenters. The highest BCUT2D eigenvalue weighted by Gasteiger charge is 2.51. The molecule has 0 radical (unpaired) electrons. The molecule has 2 fully saturated rings. The van der Waals surface area contributed by atoms with E-state index in [1.54, 1.807) is 6.08 Å². The van der Waals surface area contributed by atoms with Gasteiger partial charge in [0.15, 0.2) is 12.6 Å². The third-order valence-corrected chi connectivity index (χ3v) is 12.5. The zero-order valence-electron chi connectivity index (χ0n) is 40.2. The predicted molar refractivity (Wildman–Crippen MR) is 254 cm³/mol. The molecule has 0 saturated carbocycles. The summed E-state index contributed by atoms with van der Waals surface area (Å²) in [6, 6.07) is -0.931. The van der Waals surface area contributed by atoms with Gasteiger partial charge in [0.1, 0.15) is 48.8 Å². The van der Waals surface area contributed by atoms with E-state index in [1.807, 2.05) is 6.08 Å². The van der Waals surface area contributed by atoms with E-state index in [4.69, 9.17) is 18.9 Å². The van der Waals surface area contributed by atoms with Crippen molar-refractivity contribution in [3.8, 4) is 0 Å². The number of aliphatic hydroxyl groups is 8. The highest BCUT2D eigenvalue weighted by Crippen LogP contribution is 2.30. The first-order valence-corrected chi connectivity index (χ1v) is 25.7. The van der Waals surface area contributed by atoms with Gasteiger partial charge < -0.3 is 65.1 Å². The van der Waals surface area contributed by atoms with Crippen molar-refractivity contribution in [1.82, 2.24) is 5.32 Å². The maximum absolute atomic E-state index is 13.2. The van der Waals surface area contributed by atoms with E-state index in [-0.39, 0.29) is 18.9 Å². The summed E-state index contributed by atoms with van der Waals surface area (Å²) in [7, 11) is 0. The second-order valence-corrected chi connectivity index (χ2v) is 18.3. The van der Waals surface area contributed by atoms with Crippen molar-refractivity contribution in [1.29, 1.82) is 0 Å². The normalized spacial score (nSPS) is 27.3. The molecule has 2 heterocycles. The number of amides is 1. The maximum Gasteiger partial charge on any atom is 0.220 e. The molecule has 0 bridgehead atoms. The Bertz CT molecular complexity index is 1230. The van der Waals surface area contributed by atoms with Gasteiger partial charge in [-0.05, 0) is 57.8 Å². The predicted octanol–water partition coefficient (Wildman–Crippen LogP) is 6.71. The van der Waals surface area contributed by atoms with Gasteiger partial charge in [-0.25, -0.2) is 0 Å². The van der Waals surface area contributed by atoms with Crippen LogP contribution in [0.4, 0.5) is 0 Å². The minimum Gasteiger partial charge on any atom is -0.394 e. The SMILES string of the molecule is CCCCCCCC/C=C\CCCCCCCCCC(=O)NC(COC1OC(CO)C(OC2OC(CO)C(O)C(O)C2O)C(O)C1O)C(O)/C=C/CC/C=C/CCCCCCCCCC. The summed E-state index contributed by atoms with van der Waals surface area (Å²) < 4.78 is 22.7. The van der Waals surface area contributed by atoms with Gasteiger partial charge in [-0.1, -0.05) is 159 Å². The molecule has 12 atom stereocenters. The fourth-order valence-electron chi connectivity index (χ4n) is 8.30. The van der Waals surface area contributed by atoms with Gasteiger partial charge in [0.05, 0.1) is 32.0 Å². The van der Waals surface area contributed by atoms with Crippen LogP contribution in [0.5, 0.6) is 0 Å². The fraction of sp³-hybridized carbons (Fsp3) is 0.863. The van der Waals surface area contributed by atoms with Crippen LogP contribution < -0.4 is 5.32 Å². The summed E-state index contributed by atoms with van der Waals surface area (Å²) in [5, 5.41) is 86.7. The highest BCUT2D eigenvalue weighted by atomic mass is 16.7. The van der Waals surface area contributed by atoms with Crippen LogP contribution in [0.15, 0.2) is 36.5 Å². The topological polar surface area (TPSA) is 228 Å². The number of rotatable bonds is 39. The summed E-state index contributed by atoms with van der Waals surface area (Å²) >= 11 is 0. The minimum atomic E-state index is -1.79. The average molecular weight is 928 g/mol. The number of allylic oxidation sites excluding steroid dienone is 5. The lowest BCUT2D eigenvalue weighted by Gasteiger charge is -2.46. The number of hydrogen-bond acceptors (Lipinski definition) is 13. The van der Waals surface area contributed by atoms with E-state index in [9.17, 15) is 45.6 Å². The van der Waals surface area contributed by atoms with Crippen LogP contribution >= 0.6 is 0 Å². The summed E-state index contributed by atoms with van der Waals surface area (Å²) in [5.41, 5.74) is 0. The van der Waals surface area contributed by atoms with Gasteiger partial charge in [-0.15, -0.1) is 0 Å². The van der Waals surface area contributed by atoms with Crippen molar-refractivity contribution in [3.05, 3.63) is 36.5 Å². The number of unbranched alkanes of at least 4 members (excludes halogenated alkanes) is 22. The van der Waals surface area contributed by atoms with Crippen molar-refractivity contribution in [3.63, 3.8) is 0 Å². The minimum absolute atomic E-state index is 0.255. The second kappa shape index (κ2) is 38.1. The third-order valence-electron chi connectivity index (χ3n) is 12.5. The van der Waals surface area contributed by atoms with Gasteiger partial charge in [-0.2, -0.15) is 0 Å². The number of ether oxygens (including phenoxy) is 4. The van der Waals surface area contributed by atoms with Gasteiger partial charge in [-0.3, -0.25) is 4.79 Å². The molecule has 2 saturated heterocycles. The molecule has 0 aliphatic carbocycles. The van der Waals surface area contributed by atoms with Crippen molar-refractivity contribution in [2.75, 3.05) is 19.8 Å². The lowest BCUT2D eigenvalue weighted by molar-refractivity contribution is -0.359. The fourth-order valence-corrected chi connectivity index (χ4v) is 8.30. The molecule has 0 spiro atoms. The smallest absolute Gasteiger partial charge is 0.220 e. The molecule has 380 valence electrons. The summed E-state index contributed by atoms with van der Waals surface area (Å²) in [6.45, 7) is 2.74. The third kappa shape index (κ3) is 25.4. The molecule has 65 heavy (non-hydrogen) atoms. The van der Waals surface area contributed by atoms with Crippen LogP contribution in [0.25, 0.3) is 0 Å². The molecule has 14 heteroatoms. The van der Waals surface area contributed by atoms with E-state index in [2.05, 4.69) is 43.5 Å². The first kappa shape index (κ1) is 59.3. The first-order valence-electron chi connectivity index (χ1n) is 25.7. The quantitative estimate of drug-likeness (QED) is 0.0231. The van der Waals surface area contributed by atoms with E-state index in [1.165, 1.54) is 116 Å². The molecule has 0 aromatic rings. The Labute approximate surface area is 391 Å². The summed E-state index contributed by atoms with van der Waals surface area (Å²) in [5.74, 6) is -0.255. The van der Waals surface area contributed by atoms with Crippen molar-refractivity contribution in [2.45, 2.75) is 261 Å². The number of nitrogens with one attached hydrogen (secondary N) is 1. The van der Waals surface area contributed by atoms with E-state index < -0.39 is 86.8 Å². The van der Waals surface area contributed by atoms with Crippen molar-refractivity contribution < 1.29 is 64.6 Å². The first-order chi connectivity index (χ1) is 31.6.